The number of hydrogen-bond acceptors (Lipinski definition) is 7. The van der Waals surface area contributed by atoms with Crippen molar-refractivity contribution in [3.8, 4) is 5.95 Å². The van der Waals surface area contributed by atoms with E-state index in [0.29, 0.717) is 18.0 Å². The van der Waals surface area contributed by atoms with Crippen LogP contribution in [0.3, 0.4) is 0 Å². The number of aryl methyl sites for hydroxylation is 1. The fraction of sp³-hybridized carbons (Fsp3) is 0.650. The summed E-state index contributed by atoms with van der Waals surface area (Å²) in [5.41, 5.74) is 0.955. The van der Waals surface area contributed by atoms with Crippen LogP contribution in [0, 0.1) is 6.92 Å². The molecule has 1 aliphatic heterocycles. The fourth-order valence-corrected chi connectivity index (χ4v) is 4.03. The van der Waals surface area contributed by atoms with Crippen LogP contribution in [0.2, 0.25) is 0 Å². The maximum Gasteiger partial charge on any atom is 0.254 e. The van der Waals surface area contributed by atoms with Gasteiger partial charge in [0, 0.05) is 37.4 Å². The minimum Gasteiger partial charge on any atom is -0.378 e. The molecule has 0 aromatic carbocycles. The Bertz CT molecular complexity index is 777. The molecule has 1 aliphatic carbocycles. The van der Waals surface area contributed by atoms with Crippen LogP contribution in [0.25, 0.3) is 5.95 Å². The third-order valence-corrected chi connectivity index (χ3v) is 5.74. The normalized spacial score (nSPS) is 23.2. The van der Waals surface area contributed by atoms with Gasteiger partial charge in [-0.05, 0) is 52.8 Å². The highest BCUT2D eigenvalue weighted by Gasteiger charge is 2.23. The smallest absolute Gasteiger partial charge is 0.254 e. The van der Waals surface area contributed by atoms with Crippen molar-refractivity contribution in [2.24, 2.45) is 0 Å². The molecule has 0 amide bonds. The van der Waals surface area contributed by atoms with E-state index in [2.05, 4.69) is 40.4 Å². The number of aromatic nitrogens is 4. The van der Waals surface area contributed by atoms with Crippen LogP contribution in [0.1, 0.15) is 31.4 Å². The first-order chi connectivity index (χ1) is 13.6. The Hall–Kier alpha value is -2.19. The molecule has 3 heterocycles. The topological polar surface area (TPSA) is 71.3 Å². The zero-order valence-electron chi connectivity index (χ0n) is 17.1. The van der Waals surface area contributed by atoms with Crippen LogP contribution in [-0.4, -0.2) is 77.1 Å². The Kier molecular flexibility index (Phi) is 5.77. The monoisotopic (exact) mass is 385 g/mol. The van der Waals surface area contributed by atoms with Crippen molar-refractivity contribution in [3.63, 3.8) is 0 Å². The standard InChI is InChI=1S/C20H31N7O/c1-15-8-9-27(24-15)20-22-18(14-19(23-20)26-10-12-28-13-11-26)21-16-4-6-17(7-5-16)25(2)3/h8-9,14,16-17H,4-7,10-13H2,1-3H3,(H,21,22,23). The lowest BCUT2D eigenvalue weighted by atomic mass is 9.90. The minimum atomic E-state index is 0.454. The Morgan fingerprint density at radius 2 is 1.86 bits per heavy atom. The molecule has 1 saturated carbocycles. The van der Waals surface area contributed by atoms with E-state index in [4.69, 9.17) is 14.7 Å². The van der Waals surface area contributed by atoms with Crippen molar-refractivity contribution >= 4 is 11.6 Å². The number of hydrogen-bond donors (Lipinski definition) is 1. The summed E-state index contributed by atoms with van der Waals surface area (Å²) in [7, 11) is 4.35. The lowest BCUT2D eigenvalue weighted by Crippen LogP contribution is -2.37. The summed E-state index contributed by atoms with van der Waals surface area (Å²) in [6.45, 7) is 5.14. The van der Waals surface area contributed by atoms with E-state index in [-0.39, 0.29) is 0 Å². The van der Waals surface area contributed by atoms with Crippen LogP contribution in [0.4, 0.5) is 11.6 Å². The lowest BCUT2D eigenvalue weighted by molar-refractivity contribution is 0.122. The second kappa shape index (κ2) is 8.45. The van der Waals surface area contributed by atoms with E-state index < -0.39 is 0 Å². The molecule has 0 radical (unpaired) electrons. The van der Waals surface area contributed by atoms with Gasteiger partial charge in [0.1, 0.15) is 11.6 Å². The summed E-state index contributed by atoms with van der Waals surface area (Å²) in [4.78, 5) is 14.2. The Labute approximate surface area is 166 Å². The molecule has 2 fully saturated rings. The van der Waals surface area contributed by atoms with Gasteiger partial charge < -0.3 is 19.9 Å². The molecule has 0 spiro atoms. The highest BCUT2D eigenvalue weighted by atomic mass is 16.5. The molecular weight excluding hydrogens is 354 g/mol. The summed E-state index contributed by atoms with van der Waals surface area (Å²) in [5, 5.41) is 8.17. The molecule has 1 saturated heterocycles. The quantitative estimate of drug-likeness (QED) is 0.845. The molecule has 0 atom stereocenters. The zero-order chi connectivity index (χ0) is 19.5. The summed E-state index contributed by atoms with van der Waals surface area (Å²) < 4.78 is 7.26. The second-order valence-electron chi connectivity index (χ2n) is 8.03. The average Bonchev–Trinajstić information content (AvgIpc) is 3.15. The zero-order valence-corrected chi connectivity index (χ0v) is 17.1. The van der Waals surface area contributed by atoms with Crippen LogP contribution in [0.15, 0.2) is 18.3 Å². The molecule has 1 N–H and O–H groups in total. The molecule has 2 aromatic rings. The summed E-state index contributed by atoms with van der Waals surface area (Å²) >= 11 is 0. The molecule has 8 nitrogen and oxygen atoms in total. The first kappa shape index (κ1) is 19.1. The third kappa shape index (κ3) is 4.44. The largest absolute Gasteiger partial charge is 0.378 e. The molecule has 4 rings (SSSR count). The van der Waals surface area contributed by atoms with E-state index >= 15 is 0 Å². The molecular formula is C20H31N7O. The molecule has 0 bridgehead atoms. The van der Waals surface area contributed by atoms with E-state index in [1.807, 2.05) is 19.2 Å². The van der Waals surface area contributed by atoms with Gasteiger partial charge in [-0.15, -0.1) is 0 Å². The molecule has 8 heteroatoms. The van der Waals surface area contributed by atoms with E-state index in [9.17, 15) is 0 Å². The summed E-state index contributed by atoms with van der Waals surface area (Å²) in [6.07, 6.45) is 6.68. The van der Waals surface area contributed by atoms with E-state index in [1.54, 1.807) is 4.68 Å². The minimum absolute atomic E-state index is 0.454. The van der Waals surface area contributed by atoms with Crippen molar-refractivity contribution in [2.75, 3.05) is 50.6 Å². The van der Waals surface area contributed by atoms with Crippen molar-refractivity contribution in [1.29, 1.82) is 0 Å². The molecule has 2 aromatic heterocycles. The lowest BCUT2D eigenvalue weighted by Gasteiger charge is -2.33. The molecule has 28 heavy (non-hydrogen) atoms. The van der Waals surface area contributed by atoms with Gasteiger partial charge in [-0.2, -0.15) is 15.1 Å². The maximum atomic E-state index is 5.50. The molecule has 0 unspecified atom stereocenters. The van der Waals surface area contributed by atoms with Gasteiger partial charge in [0.05, 0.1) is 18.9 Å². The van der Waals surface area contributed by atoms with Crippen LogP contribution in [0.5, 0.6) is 0 Å². The Morgan fingerprint density at radius 1 is 1.11 bits per heavy atom. The van der Waals surface area contributed by atoms with E-state index in [1.165, 1.54) is 12.8 Å². The van der Waals surface area contributed by atoms with Gasteiger partial charge in [-0.25, -0.2) is 4.68 Å². The van der Waals surface area contributed by atoms with Gasteiger partial charge in [0.25, 0.3) is 5.95 Å². The van der Waals surface area contributed by atoms with Crippen LogP contribution >= 0.6 is 0 Å². The Morgan fingerprint density at radius 3 is 2.50 bits per heavy atom. The van der Waals surface area contributed by atoms with Gasteiger partial charge in [-0.3, -0.25) is 0 Å². The first-order valence-corrected chi connectivity index (χ1v) is 10.3. The van der Waals surface area contributed by atoms with Gasteiger partial charge in [0.15, 0.2) is 0 Å². The highest BCUT2D eigenvalue weighted by molar-refractivity contribution is 5.52. The van der Waals surface area contributed by atoms with Gasteiger partial charge >= 0.3 is 0 Å². The van der Waals surface area contributed by atoms with Gasteiger partial charge in [-0.1, -0.05) is 0 Å². The summed E-state index contributed by atoms with van der Waals surface area (Å²) in [6, 6.07) is 5.19. The number of ether oxygens (including phenoxy) is 1. The first-order valence-electron chi connectivity index (χ1n) is 10.3. The number of rotatable bonds is 5. The fourth-order valence-electron chi connectivity index (χ4n) is 4.03. The highest BCUT2D eigenvalue weighted by Crippen LogP contribution is 2.26. The van der Waals surface area contributed by atoms with Crippen molar-refractivity contribution in [2.45, 2.75) is 44.7 Å². The predicted molar refractivity (Wildman–Crippen MR) is 110 cm³/mol. The number of morpholine rings is 1. The number of nitrogens with one attached hydrogen (secondary N) is 1. The van der Waals surface area contributed by atoms with Gasteiger partial charge in [0.2, 0.25) is 0 Å². The third-order valence-electron chi connectivity index (χ3n) is 5.74. The van der Waals surface area contributed by atoms with Crippen molar-refractivity contribution in [1.82, 2.24) is 24.6 Å². The van der Waals surface area contributed by atoms with Crippen LogP contribution in [-0.2, 0) is 4.74 Å². The number of anilines is 2. The maximum absolute atomic E-state index is 5.50. The second-order valence-corrected chi connectivity index (χ2v) is 8.03. The average molecular weight is 386 g/mol. The van der Waals surface area contributed by atoms with Crippen molar-refractivity contribution < 1.29 is 4.74 Å². The van der Waals surface area contributed by atoms with E-state index in [0.717, 1.165) is 56.5 Å². The summed E-state index contributed by atoms with van der Waals surface area (Å²) in [5.74, 6) is 2.43. The molecule has 2 aliphatic rings. The SMILES string of the molecule is Cc1ccn(-c2nc(NC3CCC(N(C)C)CC3)cc(N3CCOCC3)n2)n1. The van der Waals surface area contributed by atoms with Crippen molar-refractivity contribution in [3.05, 3.63) is 24.0 Å². The van der Waals surface area contributed by atoms with Crippen LogP contribution < -0.4 is 10.2 Å². The predicted octanol–water partition coefficient (Wildman–Crippen LogP) is 2.09. The number of nitrogens with zero attached hydrogens (tertiary/aromatic N) is 6. The Balaban J connectivity index is 1.55. The molecule has 152 valence electrons.